The Hall–Kier alpha value is -3.58. The first-order valence-corrected chi connectivity index (χ1v) is 8.29. The number of rotatable bonds is 5. The highest BCUT2D eigenvalue weighted by Crippen LogP contribution is 2.25. The molecule has 0 aliphatic carbocycles. The third-order valence-electron chi connectivity index (χ3n) is 3.84. The molecule has 0 atom stereocenters. The zero-order valence-corrected chi connectivity index (χ0v) is 14.2. The van der Waals surface area contributed by atoms with Crippen LogP contribution in [0.3, 0.4) is 0 Å². The van der Waals surface area contributed by atoms with E-state index in [1.165, 1.54) is 0 Å². The van der Waals surface area contributed by atoms with Gasteiger partial charge in [0.05, 0.1) is 0 Å². The van der Waals surface area contributed by atoms with Gasteiger partial charge in [-0.3, -0.25) is 4.98 Å². The minimum Gasteiger partial charge on any atom is -0.537 e. The standard InChI is InChI=1S/C20H14BN4O2/c26-21-27-16-10-6-9-15(13-16)19-23-18(14-7-2-1-3-8-14)24-20(25-19)17-11-4-5-12-22-17/h1-13,26H. The Balaban J connectivity index is 1.87. The molecule has 129 valence electrons. The van der Waals surface area contributed by atoms with Crippen molar-refractivity contribution in [1.29, 1.82) is 0 Å². The van der Waals surface area contributed by atoms with Crippen molar-refractivity contribution in [2.75, 3.05) is 0 Å². The first-order chi connectivity index (χ1) is 13.3. The van der Waals surface area contributed by atoms with E-state index in [9.17, 15) is 0 Å². The van der Waals surface area contributed by atoms with E-state index < -0.39 is 0 Å². The molecule has 0 aliphatic rings. The highest BCUT2D eigenvalue weighted by molar-refractivity contribution is 6.17. The molecule has 4 rings (SSSR count). The van der Waals surface area contributed by atoms with Crippen molar-refractivity contribution >= 4 is 7.69 Å². The predicted octanol–water partition coefficient (Wildman–Crippen LogP) is 3.17. The zero-order chi connectivity index (χ0) is 18.5. The van der Waals surface area contributed by atoms with E-state index in [0.29, 0.717) is 36.6 Å². The normalized spacial score (nSPS) is 10.4. The molecule has 0 saturated heterocycles. The van der Waals surface area contributed by atoms with Crippen molar-refractivity contribution < 1.29 is 9.68 Å². The van der Waals surface area contributed by atoms with Crippen LogP contribution in [0.1, 0.15) is 0 Å². The van der Waals surface area contributed by atoms with Gasteiger partial charge >= 0.3 is 7.69 Å². The van der Waals surface area contributed by atoms with Crippen molar-refractivity contribution in [3.8, 4) is 40.0 Å². The summed E-state index contributed by atoms with van der Waals surface area (Å²) in [7, 11) is 0.640. The molecule has 0 amide bonds. The van der Waals surface area contributed by atoms with Crippen LogP contribution in [0.2, 0.25) is 0 Å². The molecule has 2 aromatic heterocycles. The van der Waals surface area contributed by atoms with Gasteiger partial charge in [-0.15, -0.1) is 0 Å². The summed E-state index contributed by atoms with van der Waals surface area (Å²) in [6.45, 7) is 0. The summed E-state index contributed by atoms with van der Waals surface area (Å²) in [5.41, 5.74) is 2.29. The Morgan fingerprint density at radius 3 is 2.15 bits per heavy atom. The smallest absolute Gasteiger partial charge is 0.537 e. The number of hydrogen-bond donors (Lipinski definition) is 1. The maximum absolute atomic E-state index is 8.87. The summed E-state index contributed by atoms with van der Waals surface area (Å²) in [5.74, 6) is 2.02. The predicted molar refractivity (Wildman–Crippen MR) is 103 cm³/mol. The third-order valence-corrected chi connectivity index (χ3v) is 3.84. The van der Waals surface area contributed by atoms with Gasteiger partial charge in [0, 0.05) is 17.3 Å². The molecule has 0 saturated carbocycles. The number of nitrogens with zero attached hydrogens (tertiary/aromatic N) is 4. The van der Waals surface area contributed by atoms with Crippen molar-refractivity contribution in [3.63, 3.8) is 0 Å². The Bertz CT molecular complexity index is 988. The molecule has 6 nitrogen and oxygen atoms in total. The first kappa shape index (κ1) is 16.9. The van der Waals surface area contributed by atoms with Crippen molar-refractivity contribution in [3.05, 3.63) is 79.0 Å². The van der Waals surface area contributed by atoms with Gasteiger partial charge in [0.25, 0.3) is 0 Å². The van der Waals surface area contributed by atoms with Crippen LogP contribution in [-0.4, -0.2) is 32.6 Å². The van der Waals surface area contributed by atoms with Gasteiger partial charge in [-0.25, -0.2) is 15.0 Å². The Morgan fingerprint density at radius 1 is 0.704 bits per heavy atom. The molecule has 0 fully saturated rings. The highest BCUT2D eigenvalue weighted by atomic mass is 16.5. The molecule has 1 radical (unpaired) electrons. The minimum absolute atomic E-state index is 0.482. The van der Waals surface area contributed by atoms with E-state index in [1.807, 2.05) is 54.6 Å². The van der Waals surface area contributed by atoms with Gasteiger partial charge < -0.3 is 9.68 Å². The maximum Gasteiger partial charge on any atom is 0.569 e. The fraction of sp³-hybridized carbons (Fsp3) is 0. The molecule has 2 aromatic carbocycles. The second kappa shape index (κ2) is 7.76. The van der Waals surface area contributed by atoms with Gasteiger partial charge in [0.1, 0.15) is 11.4 Å². The largest absolute Gasteiger partial charge is 0.569 e. The molecule has 0 spiro atoms. The summed E-state index contributed by atoms with van der Waals surface area (Å²) >= 11 is 0. The molecular weight excluding hydrogens is 339 g/mol. The lowest BCUT2D eigenvalue weighted by atomic mass is 10.1. The van der Waals surface area contributed by atoms with E-state index in [-0.39, 0.29) is 0 Å². The summed E-state index contributed by atoms with van der Waals surface area (Å²) in [6.07, 6.45) is 1.70. The van der Waals surface area contributed by atoms with Crippen LogP contribution in [0, 0.1) is 0 Å². The number of aromatic nitrogens is 4. The van der Waals surface area contributed by atoms with Gasteiger partial charge in [-0.2, -0.15) is 0 Å². The second-order valence-corrected chi connectivity index (χ2v) is 5.64. The van der Waals surface area contributed by atoms with Crippen molar-refractivity contribution in [2.24, 2.45) is 0 Å². The van der Waals surface area contributed by atoms with E-state index in [2.05, 4.69) is 19.9 Å². The molecule has 7 heteroatoms. The summed E-state index contributed by atoms with van der Waals surface area (Å²) in [6, 6.07) is 22.4. The fourth-order valence-corrected chi connectivity index (χ4v) is 2.60. The number of pyridine rings is 1. The molecule has 4 aromatic rings. The average Bonchev–Trinajstić information content (AvgIpc) is 2.75. The fourth-order valence-electron chi connectivity index (χ4n) is 2.60. The molecule has 0 bridgehead atoms. The van der Waals surface area contributed by atoms with Gasteiger partial charge in [0.2, 0.25) is 0 Å². The van der Waals surface area contributed by atoms with E-state index in [1.54, 1.807) is 24.4 Å². The Morgan fingerprint density at radius 2 is 1.41 bits per heavy atom. The van der Waals surface area contributed by atoms with Crippen molar-refractivity contribution in [2.45, 2.75) is 0 Å². The number of hydrogen-bond acceptors (Lipinski definition) is 6. The Kier molecular flexibility index (Phi) is 4.85. The van der Waals surface area contributed by atoms with E-state index >= 15 is 0 Å². The lowest BCUT2D eigenvalue weighted by Crippen LogP contribution is -2.02. The molecule has 2 heterocycles. The topological polar surface area (TPSA) is 81.0 Å². The van der Waals surface area contributed by atoms with Crippen LogP contribution >= 0.6 is 0 Å². The highest BCUT2D eigenvalue weighted by Gasteiger charge is 2.13. The van der Waals surface area contributed by atoms with Crippen LogP contribution in [-0.2, 0) is 0 Å². The van der Waals surface area contributed by atoms with Crippen molar-refractivity contribution in [1.82, 2.24) is 19.9 Å². The van der Waals surface area contributed by atoms with Crippen LogP contribution in [0.15, 0.2) is 79.0 Å². The van der Waals surface area contributed by atoms with Crippen LogP contribution in [0.25, 0.3) is 34.3 Å². The third kappa shape index (κ3) is 3.83. The summed E-state index contributed by atoms with van der Waals surface area (Å²) in [5, 5.41) is 8.87. The van der Waals surface area contributed by atoms with Crippen LogP contribution in [0.4, 0.5) is 0 Å². The van der Waals surface area contributed by atoms with Gasteiger partial charge in [-0.1, -0.05) is 48.5 Å². The lowest BCUT2D eigenvalue weighted by molar-refractivity contribution is 0.454. The summed E-state index contributed by atoms with van der Waals surface area (Å²) in [4.78, 5) is 18.2. The average molecular weight is 353 g/mol. The second-order valence-electron chi connectivity index (χ2n) is 5.64. The Labute approximate surface area is 156 Å². The molecule has 27 heavy (non-hydrogen) atoms. The molecular formula is C20H14BN4O2. The van der Waals surface area contributed by atoms with E-state index in [4.69, 9.17) is 9.68 Å². The zero-order valence-electron chi connectivity index (χ0n) is 14.2. The number of benzene rings is 2. The van der Waals surface area contributed by atoms with Gasteiger partial charge in [0.15, 0.2) is 17.5 Å². The van der Waals surface area contributed by atoms with Gasteiger partial charge in [-0.05, 0) is 24.3 Å². The van der Waals surface area contributed by atoms with Crippen LogP contribution < -0.4 is 4.65 Å². The SMILES string of the molecule is O[B]Oc1cccc(-c2nc(-c3ccccc3)nc(-c3ccccn3)n2)c1. The molecule has 0 unspecified atom stereocenters. The maximum atomic E-state index is 8.87. The lowest BCUT2D eigenvalue weighted by Gasteiger charge is -2.09. The summed E-state index contributed by atoms with van der Waals surface area (Å²) < 4.78 is 5.04. The first-order valence-electron chi connectivity index (χ1n) is 8.29. The quantitative estimate of drug-likeness (QED) is 0.555. The molecule has 1 N–H and O–H groups in total. The minimum atomic E-state index is 0.482. The monoisotopic (exact) mass is 353 g/mol. The van der Waals surface area contributed by atoms with Crippen LogP contribution in [0.5, 0.6) is 5.75 Å². The molecule has 0 aliphatic heterocycles. The van der Waals surface area contributed by atoms with E-state index in [0.717, 1.165) is 11.1 Å².